The lowest BCUT2D eigenvalue weighted by Gasteiger charge is -2.36. The average molecular weight is 258 g/mol. The number of hydrogen-bond acceptors (Lipinski definition) is 3. The van der Waals surface area contributed by atoms with Gasteiger partial charge in [0.25, 0.3) is 0 Å². The highest BCUT2D eigenvalue weighted by atomic mass is 32.2. The molecule has 1 unspecified atom stereocenters. The summed E-state index contributed by atoms with van der Waals surface area (Å²) in [6, 6.07) is 0. The molecule has 17 heavy (non-hydrogen) atoms. The zero-order valence-corrected chi connectivity index (χ0v) is 11.9. The van der Waals surface area contributed by atoms with Crippen LogP contribution < -0.4 is 11.1 Å². The molecule has 1 saturated carbocycles. The van der Waals surface area contributed by atoms with Crippen molar-refractivity contribution >= 4 is 17.7 Å². The lowest BCUT2D eigenvalue weighted by molar-refractivity contribution is -0.124. The van der Waals surface area contributed by atoms with Gasteiger partial charge in [0.1, 0.15) is 0 Å². The fraction of sp³-hybridized carbons (Fsp3) is 0.923. The molecule has 1 fully saturated rings. The van der Waals surface area contributed by atoms with E-state index < -0.39 is 0 Å². The molecule has 3 nitrogen and oxygen atoms in total. The first-order valence-electron chi connectivity index (χ1n) is 6.66. The Morgan fingerprint density at radius 1 is 1.41 bits per heavy atom. The summed E-state index contributed by atoms with van der Waals surface area (Å²) >= 11 is 1.92. The Balaban J connectivity index is 2.39. The van der Waals surface area contributed by atoms with E-state index in [-0.39, 0.29) is 16.6 Å². The topological polar surface area (TPSA) is 55.1 Å². The van der Waals surface area contributed by atoms with Crippen LogP contribution in [0.1, 0.15) is 45.4 Å². The van der Waals surface area contributed by atoms with E-state index >= 15 is 0 Å². The highest BCUT2D eigenvalue weighted by Gasteiger charge is 2.31. The van der Waals surface area contributed by atoms with Gasteiger partial charge in [-0.25, -0.2) is 0 Å². The summed E-state index contributed by atoms with van der Waals surface area (Å²) in [5.74, 6) is 0.206. The fourth-order valence-corrected chi connectivity index (χ4v) is 3.37. The van der Waals surface area contributed by atoms with Crippen LogP contribution in [0, 0.1) is 5.92 Å². The molecule has 0 aromatic rings. The van der Waals surface area contributed by atoms with Gasteiger partial charge in [0.15, 0.2) is 0 Å². The molecule has 0 aromatic carbocycles. The summed E-state index contributed by atoms with van der Waals surface area (Å²) < 4.78 is 0.288. The predicted molar refractivity (Wildman–Crippen MR) is 75.2 cm³/mol. The van der Waals surface area contributed by atoms with E-state index in [1.807, 2.05) is 18.7 Å². The van der Waals surface area contributed by atoms with Crippen molar-refractivity contribution in [3.05, 3.63) is 0 Å². The third-order valence-corrected chi connectivity index (χ3v) is 5.25. The molecule has 1 rings (SSSR count). The monoisotopic (exact) mass is 258 g/mol. The van der Waals surface area contributed by atoms with E-state index in [0.29, 0.717) is 6.54 Å². The summed E-state index contributed by atoms with van der Waals surface area (Å²) in [6.45, 7) is 3.36. The van der Waals surface area contributed by atoms with Crippen LogP contribution in [0.5, 0.6) is 0 Å². The van der Waals surface area contributed by atoms with Crippen LogP contribution >= 0.6 is 11.8 Å². The number of carbonyl (C=O) groups is 1. The maximum Gasteiger partial charge on any atom is 0.222 e. The summed E-state index contributed by atoms with van der Waals surface area (Å²) in [5, 5.41) is 3.11. The number of carbonyl (C=O) groups excluding carboxylic acids is 1. The smallest absolute Gasteiger partial charge is 0.222 e. The highest BCUT2D eigenvalue weighted by Crippen LogP contribution is 2.37. The molecule has 3 N–H and O–H groups in total. The van der Waals surface area contributed by atoms with E-state index in [4.69, 9.17) is 5.73 Å². The Kier molecular flexibility index (Phi) is 6.34. The molecular weight excluding hydrogens is 232 g/mol. The van der Waals surface area contributed by atoms with Gasteiger partial charge in [0.05, 0.1) is 0 Å². The lowest BCUT2D eigenvalue weighted by Crippen LogP contribution is -2.43. The molecule has 4 heteroatoms. The van der Waals surface area contributed by atoms with Gasteiger partial charge >= 0.3 is 0 Å². The molecule has 0 spiro atoms. The fourth-order valence-electron chi connectivity index (χ4n) is 2.45. The zero-order valence-electron chi connectivity index (χ0n) is 11.1. The minimum Gasteiger partial charge on any atom is -0.354 e. The van der Waals surface area contributed by atoms with Gasteiger partial charge in [0.2, 0.25) is 5.91 Å². The third kappa shape index (κ3) is 4.51. The van der Waals surface area contributed by atoms with E-state index in [0.717, 1.165) is 13.0 Å². The largest absolute Gasteiger partial charge is 0.354 e. The number of amides is 1. The van der Waals surface area contributed by atoms with Gasteiger partial charge in [-0.2, -0.15) is 11.8 Å². The second-order valence-corrected chi connectivity index (χ2v) is 6.42. The quantitative estimate of drug-likeness (QED) is 0.767. The van der Waals surface area contributed by atoms with Crippen LogP contribution in [-0.2, 0) is 4.79 Å². The second-order valence-electron chi connectivity index (χ2n) is 5.14. The Labute approximate surface area is 109 Å². The van der Waals surface area contributed by atoms with Crippen molar-refractivity contribution in [2.75, 3.05) is 19.3 Å². The molecule has 0 saturated heterocycles. The molecule has 1 aliphatic carbocycles. The van der Waals surface area contributed by atoms with Crippen LogP contribution in [0.15, 0.2) is 0 Å². The van der Waals surface area contributed by atoms with Gasteiger partial charge in [-0.05, 0) is 32.1 Å². The standard InChI is InChI=1S/C13H26N2OS/c1-11(6-9-14)12(16)15-10-13(17-2)7-4-3-5-8-13/h11H,3-10,14H2,1-2H3,(H,15,16). The summed E-state index contributed by atoms with van der Waals surface area (Å²) in [4.78, 5) is 11.9. The van der Waals surface area contributed by atoms with Crippen LogP contribution in [0.2, 0.25) is 0 Å². The SMILES string of the molecule is CSC1(CNC(=O)C(C)CCN)CCCCC1. The van der Waals surface area contributed by atoms with Gasteiger partial charge in [-0.3, -0.25) is 4.79 Å². The minimum absolute atomic E-state index is 0.0440. The van der Waals surface area contributed by atoms with Crippen molar-refractivity contribution in [2.24, 2.45) is 11.7 Å². The van der Waals surface area contributed by atoms with Crippen molar-refractivity contribution < 1.29 is 4.79 Å². The second kappa shape index (κ2) is 7.27. The molecule has 100 valence electrons. The number of thioether (sulfide) groups is 1. The average Bonchev–Trinajstić information content (AvgIpc) is 2.37. The van der Waals surface area contributed by atoms with Crippen molar-refractivity contribution in [3.8, 4) is 0 Å². The summed E-state index contributed by atoms with van der Waals surface area (Å²) in [6.07, 6.45) is 9.36. The first-order chi connectivity index (χ1) is 8.13. The normalized spacial score (nSPS) is 20.9. The maximum atomic E-state index is 11.9. The van der Waals surface area contributed by atoms with Crippen molar-refractivity contribution in [1.82, 2.24) is 5.32 Å². The Hall–Kier alpha value is -0.220. The minimum atomic E-state index is 0.0440. The van der Waals surface area contributed by atoms with E-state index in [1.165, 1.54) is 32.1 Å². The number of nitrogens with two attached hydrogens (primary N) is 1. The van der Waals surface area contributed by atoms with Crippen LogP contribution in [0.4, 0.5) is 0 Å². The molecule has 0 bridgehead atoms. The first-order valence-corrected chi connectivity index (χ1v) is 7.89. The number of rotatable bonds is 6. The summed E-state index contributed by atoms with van der Waals surface area (Å²) in [7, 11) is 0. The maximum absolute atomic E-state index is 11.9. The van der Waals surface area contributed by atoms with Crippen molar-refractivity contribution in [3.63, 3.8) is 0 Å². The lowest BCUT2D eigenvalue weighted by atomic mass is 9.88. The van der Waals surface area contributed by atoms with Gasteiger partial charge in [0, 0.05) is 17.2 Å². The van der Waals surface area contributed by atoms with Crippen LogP contribution in [-0.4, -0.2) is 30.0 Å². The van der Waals surface area contributed by atoms with Crippen LogP contribution in [0.25, 0.3) is 0 Å². The molecule has 0 heterocycles. The first kappa shape index (κ1) is 14.8. The molecule has 0 aliphatic heterocycles. The van der Waals surface area contributed by atoms with Gasteiger partial charge in [-0.15, -0.1) is 0 Å². The van der Waals surface area contributed by atoms with Crippen molar-refractivity contribution in [1.29, 1.82) is 0 Å². The Morgan fingerprint density at radius 2 is 2.06 bits per heavy atom. The van der Waals surface area contributed by atoms with Gasteiger partial charge < -0.3 is 11.1 Å². The zero-order chi connectivity index (χ0) is 12.7. The van der Waals surface area contributed by atoms with E-state index in [1.54, 1.807) is 0 Å². The van der Waals surface area contributed by atoms with E-state index in [2.05, 4.69) is 11.6 Å². The molecule has 1 amide bonds. The molecule has 1 atom stereocenters. The Morgan fingerprint density at radius 3 is 2.59 bits per heavy atom. The Bertz CT molecular complexity index is 240. The molecule has 1 aliphatic rings. The van der Waals surface area contributed by atoms with E-state index in [9.17, 15) is 4.79 Å². The molecule has 0 aromatic heterocycles. The number of hydrogen-bond donors (Lipinski definition) is 2. The molecule has 0 radical (unpaired) electrons. The van der Waals surface area contributed by atoms with Crippen LogP contribution in [0.3, 0.4) is 0 Å². The molecular formula is C13H26N2OS. The summed E-state index contributed by atoms with van der Waals surface area (Å²) in [5.41, 5.74) is 5.47. The third-order valence-electron chi connectivity index (χ3n) is 3.83. The predicted octanol–water partition coefficient (Wildman–Crippen LogP) is 2.15. The van der Waals surface area contributed by atoms with Gasteiger partial charge in [-0.1, -0.05) is 26.2 Å². The highest BCUT2D eigenvalue weighted by molar-refractivity contribution is 8.00. The van der Waals surface area contributed by atoms with Crippen molar-refractivity contribution in [2.45, 2.75) is 50.2 Å². The number of nitrogens with one attached hydrogen (secondary N) is 1.